The first-order valence-electron chi connectivity index (χ1n) is 9.42. The Bertz CT molecular complexity index is 528. The fraction of sp³-hybridized carbons (Fsp3) is 0.765. The number of unbranched alkanes of at least 4 members (excludes halogenated alkanes) is 2. The Kier molecular flexibility index (Phi) is 10.3. The van der Waals surface area contributed by atoms with Crippen molar-refractivity contribution in [3.63, 3.8) is 0 Å². The maximum absolute atomic E-state index is 12.6. The zero-order valence-corrected chi connectivity index (χ0v) is 15.5. The van der Waals surface area contributed by atoms with Crippen molar-refractivity contribution in [1.29, 1.82) is 0 Å². The summed E-state index contributed by atoms with van der Waals surface area (Å²) in [7, 11) is 0. The third kappa shape index (κ3) is 8.35. The molecule has 10 heteroatoms. The molecular weight excluding hydrogens is 354 g/mol. The van der Waals surface area contributed by atoms with Gasteiger partial charge in [0.1, 0.15) is 18.1 Å². The lowest BCUT2D eigenvalue weighted by atomic mass is 10.1. The average molecular weight is 385 g/mol. The molecule has 1 fully saturated rings. The number of rotatable bonds is 13. The Morgan fingerprint density at radius 1 is 1.04 bits per heavy atom. The van der Waals surface area contributed by atoms with E-state index in [9.17, 15) is 24.3 Å². The van der Waals surface area contributed by atoms with Crippen LogP contribution in [-0.4, -0.2) is 60.0 Å². The molecule has 8 N–H and O–H groups in total. The van der Waals surface area contributed by atoms with Gasteiger partial charge in [0.05, 0.1) is 0 Å². The van der Waals surface area contributed by atoms with Gasteiger partial charge in [0.25, 0.3) is 0 Å². The van der Waals surface area contributed by atoms with E-state index in [0.29, 0.717) is 51.6 Å². The van der Waals surface area contributed by atoms with E-state index in [4.69, 9.17) is 11.5 Å². The molecule has 0 aromatic heterocycles. The molecule has 0 radical (unpaired) electrons. The molecule has 0 bridgehead atoms. The van der Waals surface area contributed by atoms with Crippen molar-refractivity contribution >= 4 is 23.7 Å². The number of aliphatic carboxylic acids is 1. The number of carbonyl (C=O) groups excluding carboxylic acids is 3. The fourth-order valence-electron chi connectivity index (χ4n) is 2.87. The summed E-state index contributed by atoms with van der Waals surface area (Å²) in [4.78, 5) is 47.5. The minimum Gasteiger partial charge on any atom is -0.480 e. The Hall–Kier alpha value is -2.20. The van der Waals surface area contributed by atoms with Crippen LogP contribution < -0.4 is 27.4 Å². The molecule has 1 aliphatic rings. The monoisotopic (exact) mass is 385 g/mol. The molecule has 1 rings (SSSR count). The van der Waals surface area contributed by atoms with Gasteiger partial charge in [0, 0.05) is 6.42 Å². The van der Waals surface area contributed by atoms with Crippen molar-refractivity contribution in [3.8, 4) is 0 Å². The smallest absolute Gasteiger partial charge is 0.326 e. The molecule has 154 valence electrons. The molecule has 10 nitrogen and oxygen atoms in total. The lowest BCUT2D eigenvalue weighted by Crippen LogP contribution is -2.54. The van der Waals surface area contributed by atoms with Crippen LogP contribution in [0.25, 0.3) is 0 Å². The summed E-state index contributed by atoms with van der Waals surface area (Å²) in [6.07, 6.45) is 3.77. The van der Waals surface area contributed by atoms with Gasteiger partial charge >= 0.3 is 5.97 Å². The normalized spacial score (nSPS) is 18.4. The Morgan fingerprint density at radius 2 is 1.63 bits per heavy atom. The third-order valence-corrected chi connectivity index (χ3v) is 4.45. The number of hydrogen-bond donors (Lipinski definition) is 6. The first-order chi connectivity index (χ1) is 12.9. The van der Waals surface area contributed by atoms with Crippen molar-refractivity contribution in [1.82, 2.24) is 16.0 Å². The summed E-state index contributed by atoms with van der Waals surface area (Å²) in [5.74, 6) is -2.32. The molecule has 0 saturated carbocycles. The van der Waals surface area contributed by atoms with Gasteiger partial charge in [0.15, 0.2) is 0 Å². The van der Waals surface area contributed by atoms with Gasteiger partial charge in [-0.1, -0.05) is 0 Å². The lowest BCUT2D eigenvalue weighted by Gasteiger charge is -2.23. The van der Waals surface area contributed by atoms with E-state index in [0.717, 1.165) is 0 Å². The summed E-state index contributed by atoms with van der Waals surface area (Å²) in [6.45, 7) is 0.906. The zero-order valence-electron chi connectivity index (χ0n) is 15.5. The van der Waals surface area contributed by atoms with Crippen LogP contribution >= 0.6 is 0 Å². The molecule has 3 amide bonds. The summed E-state index contributed by atoms with van der Waals surface area (Å²) >= 11 is 0. The Labute approximate surface area is 158 Å². The lowest BCUT2D eigenvalue weighted by molar-refractivity contribution is -0.142. The van der Waals surface area contributed by atoms with Gasteiger partial charge in [-0.15, -0.1) is 0 Å². The number of carbonyl (C=O) groups is 4. The number of hydrogen-bond acceptors (Lipinski definition) is 6. The van der Waals surface area contributed by atoms with E-state index in [2.05, 4.69) is 16.0 Å². The molecule has 1 heterocycles. The van der Waals surface area contributed by atoms with Crippen LogP contribution in [0.3, 0.4) is 0 Å². The SMILES string of the molecule is NCCCCC(NC(=O)C(CCCCN)NC(=O)C1CCC(=O)N1)C(=O)O. The number of carboxylic acids is 1. The predicted molar refractivity (Wildman–Crippen MR) is 98.5 cm³/mol. The van der Waals surface area contributed by atoms with Crippen LogP contribution in [0.2, 0.25) is 0 Å². The van der Waals surface area contributed by atoms with Crippen molar-refractivity contribution in [2.24, 2.45) is 11.5 Å². The van der Waals surface area contributed by atoms with Crippen LogP contribution in [0.5, 0.6) is 0 Å². The van der Waals surface area contributed by atoms with Crippen LogP contribution in [0, 0.1) is 0 Å². The van der Waals surface area contributed by atoms with E-state index >= 15 is 0 Å². The summed E-state index contributed by atoms with van der Waals surface area (Å²) < 4.78 is 0. The molecule has 1 saturated heterocycles. The number of nitrogens with one attached hydrogen (secondary N) is 3. The van der Waals surface area contributed by atoms with Gasteiger partial charge in [-0.3, -0.25) is 14.4 Å². The molecule has 1 aliphatic heterocycles. The van der Waals surface area contributed by atoms with E-state index in [1.165, 1.54) is 0 Å². The molecule has 3 unspecified atom stereocenters. The fourth-order valence-corrected chi connectivity index (χ4v) is 2.87. The molecular formula is C17H31N5O5. The second-order valence-corrected chi connectivity index (χ2v) is 6.69. The van der Waals surface area contributed by atoms with Gasteiger partial charge < -0.3 is 32.5 Å². The van der Waals surface area contributed by atoms with Crippen molar-refractivity contribution in [2.45, 2.75) is 69.5 Å². The first kappa shape index (κ1) is 22.8. The number of amides is 3. The molecule has 0 spiro atoms. The van der Waals surface area contributed by atoms with Gasteiger partial charge in [-0.05, 0) is 58.0 Å². The van der Waals surface area contributed by atoms with Crippen LogP contribution in [0.1, 0.15) is 51.4 Å². The van der Waals surface area contributed by atoms with Crippen LogP contribution in [0.15, 0.2) is 0 Å². The molecule has 0 aromatic rings. The Balaban J connectivity index is 2.68. The minimum absolute atomic E-state index is 0.204. The number of nitrogens with two attached hydrogens (primary N) is 2. The van der Waals surface area contributed by atoms with Gasteiger partial charge in [0.2, 0.25) is 17.7 Å². The standard InChI is InChI=1S/C17H31N5O5/c18-9-3-1-5-11(21-16(25)12-7-8-14(23)20-12)15(24)22-13(17(26)27)6-2-4-10-19/h11-13H,1-10,18-19H2,(H,20,23)(H,21,25)(H,22,24)(H,26,27). The third-order valence-electron chi connectivity index (χ3n) is 4.45. The zero-order chi connectivity index (χ0) is 20.2. The summed E-state index contributed by atoms with van der Waals surface area (Å²) in [5.41, 5.74) is 10.9. The van der Waals surface area contributed by atoms with Crippen molar-refractivity contribution < 1.29 is 24.3 Å². The molecule has 0 aromatic carbocycles. The average Bonchev–Trinajstić information content (AvgIpc) is 3.06. The highest BCUT2D eigenvalue weighted by atomic mass is 16.4. The van der Waals surface area contributed by atoms with E-state index in [1.807, 2.05) is 0 Å². The van der Waals surface area contributed by atoms with Gasteiger partial charge in [-0.25, -0.2) is 4.79 Å². The summed E-state index contributed by atoms with van der Waals surface area (Å²) in [6, 6.07) is -2.58. The summed E-state index contributed by atoms with van der Waals surface area (Å²) in [5, 5.41) is 17.0. The number of carboxylic acid groups (broad SMARTS) is 1. The molecule has 3 atom stereocenters. The maximum Gasteiger partial charge on any atom is 0.326 e. The van der Waals surface area contributed by atoms with Crippen LogP contribution in [0.4, 0.5) is 0 Å². The van der Waals surface area contributed by atoms with E-state index < -0.39 is 35.9 Å². The second-order valence-electron chi connectivity index (χ2n) is 6.69. The highest BCUT2D eigenvalue weighted by Crippen LogP contribution is 2.09. The first-order valence-corrected chi connectivity index (χ1v) is 9.42. The van der Waals surface area contributed by atoms with Gasteiger partial charge in [-0.2, -0.15) is 0 Å². The largest absolute Gasteiger partial charge is 0.480 e. The second kappa shape index (κ2) is 12.2. The van der Waals surface area contributed by atoms with E-state index in [-0.39, 0.29) is 18.7 Å². The highest BCUT2D eigenvalue weighted by Gasteiger charge is 2.31. The van der Waals surface area contributed by atoms with E-state index in [1.54, 1.807) is 0 Å². The topological polar surface area (TPSA) is 177 Å². The predicted octanol–water partition coefficient (Wildman–Crippen LogP) is -1.42. The Morgan fingerprint density at radius 3 is 2.11 bits per heavy atom. The maximum atomic E-state index is 12.6. The highest BCUT2D eigenvalue weighted by molar-refractivity contribution is 5.94. The van der Waals surface area contributed by atoms with Crippen molar-refractivity contribution in [3.05, 3.63) is 0 Å². The van der Waals surface area contributed by atoms with Crippen LogP contribution in [-0.2, 0) is 19.2 Å². The minimum atomic E-state index is -1.13. The van der Waals surface area contributed by atoms with Crippen molar-refractivity contribution in [2.75, 3.05) is 13.1 Å². The molecule has 27 heavy (non-hydrogen) atoms. The quantitative estimate of drug-likeness (QED) is 0.211. The molecule has 0 aliphatic carbocycles.